The largest absolute Gasteiger partial charge is 0.396 e. The molecule has 21 heavy (non-hydrogen) atoms. The maximum absolute atomic E-state index is 11.7. The molecule has 8 heteroatoms. The van der Waals surface area contributed by atoms with Crippen molar-refractivity contribution in [2.75, 3.05) is 24.7 Å². The first-order valence-electron chi connectivity index (χ1n) is 6.61. The van der Waals surface area contributed by atoms with Crippen molar-refractivity contribution in [3.63, 3.8) is 0 Å². The van der Waals surface area contributed by atoms with Crippen LogP contribution in [0.5, 0.6) is 0 Å². The Hall–Kier alpha value is -1.67. The number of rotatable bonds is 7. The zero-order valence-corrected chi connectivity index (χ0v) is 12.5. The number of benzene rings is 1. The van der Waals surface area contributed by atoms with Gasteiger partial charge in [-0.05, 0) is 36.8 Å². The second kappa shape index (κ2) is 5.61. The van der Waals surface area contributed by atoms with Crippen molar-refractivity contribution >= 4 is 21.2 Å². The van der Waals surface area contributed by atoms with Crippen LogP contribution in [-0.4, -0.2) is 37.9 Å². The van der Waals surface area contributed by atoms with Crippen molar-refractivity contribution in [3.8, 4) is 0 Å². The highest BCUT2D eigenvalue weighted by atomic mass is 32.2. The van der Waals surface area contributed by atoms with E-state index >= 15 is 0 Å². The lowest BCUT2D eigenvalue weighted by molar-refractivity contribution is -0.387. The fraction of sp³-hybridized carbons (Fsp3) is 0.538. The SMILES string of the molecule is CS(=O)(=O)c1cc(NCC2(CCO)CC2)ccc1[N+](=O)[O-]. The summed E-state index contributed by atoms with van der Waals surface area (Å²) in [4.78, 5) is 9.90. The first kappa shape index (κ1) is 15.7. The molecule has 1 fully saturated rings. The van der Waals surface area contributed by atoms with E-state index in [-0.39, 0.29) is 16.9 Å². The van der Waals surface area contributed by atoms with Gasteiger partial charge < -0.3 is 10.4 Å². The molecule has 0 spiro atoms. The molecule has 0 amide bonds. The molecule has 0 bridgehead atoms. The average molecular weight is 314 g/mol. The number of hydrogen-bond donors (Lipinski definition) is 2. The van der Waals surface area contributed by atoms with Gasteiger partial charge in [-0.3, -0.25) is 10.1 Å². The van der Waals surface area contributed by atoms with E-state index in [1.54, 1.807) is 0 Å². The van der Waals surface area contributed by atoms with Gasteiger partial charge in [0.15, 0.2) is 9.84 Å². The van der Waals surface area contributed by atoms with Gasteiger partial charge in [0.25, 0.3) is 5.69 Å². The molecule has 0 unspecified atom stereocenters. The highest BCUT2D eigenvalue weighted by Crippen LogP contribution is 2.48. The second-order valence-corrected chi connectivity index (χ2v) is 7.52. The van der Waals surface area contributed by atoms with Crippen LogP contribution in [0.3, 0.4) is 0 Å². The monoisotopic (exact) mass is 314 g/mol. The van der Waals surface area contributed by atoms with Gasteiger partial charge in [-0.2, -0.15) is 0 Å². The van der Waals surface area contributed by atoms with Gasteiger partial charge in [0.1, 0.15) is 4.90 Å². The van der Waals surface area contributed by atoms with Gasteiger partial charge in [-0.25, -0.2) is 8.42 Å². The van der Waals surface area contributed by atoms with E-state index in [0.29, 0.717) is 18.7 Å². The smallest absolute Gasteiger partial charge is 0.288 e. The number of anilines is 1. The zero-order valence-electron chi connectivity index (χ0n) is 11.7. The van der Waals surface area contributed by atoms with Crippen molar-refractivity contribution in [2.45, 2.75) is 24.2 Å². The Labute approximate surface area is 123 Å². The topological polar surface area (TPSA) is 110 Å². The number of aliphatic hydroxyl groups is 1. The quantitative estimate of drug-likeness (QED) is 0.584. The maximum Gasteiger partial charge on any atom is 0.288 e. The average Bonchev–Trinajstić information content (AvgIpc) is 3.16. The molecule has 1 aliphatic rings. The molecule has 2 rings (SSSR count). The summed E-state index contributed by atoms with van der Waals surface area (Å²) in [6, 6.07) is 3.99. The summed E-state index contributed by atoms with van der Waals surface area (Å²) in [6.07, 6.45) is 3.69. The van der Waals surface area contributed by atoms with Crippen LogP contribution in [0.15, 0.2) is 23.1 Å². The molecule has 7 nitrogen and oxygen atoms in total. The van der Waals surface area contributed by atoms with Gasteiger partial charge in [0, 0.05) is 31.2 Å². The molecule has 0 saturated heterocycles. The Morgan fingerprint density at radius 1 is 1.43 bits per heavy atom. The van der Waals surface area contributed by atoms with Crippen molar-refractivity contribution < 1.29 is 18.4 Å². The normalized spacial score (nSPS) is 16.5. The molecule has 1 aromatic rings. The van der Waals surface area contributed by atoms with Crippen molar-refractivity contribution in [2.24, 2.45) is 5.41 Å². The molecule has 1 aliphatic carbocycles. The Balaban J connectivity index is 2.20. The van der Waals surface area contributed by atoms with Crippen LogP contribution < -0.4 is 5.32 Å². The Bertz CT molecular complexity index is 653. The first-order chi connectivity index (χ1) is 9.77. The Kier molecular flexibility index (Phi) is 4.20. The number of nitro groups is 1. The highest BCUT2D eigenvalue weighted by Gasteiger charge is 2.41. The van der Waals surface area contributed by atoms with E-state index in [9.17, 15) is 18.5 Å². The lowest BCUT2D eigenvalue weighted by Crippen LogP contribution is -2.17. The summed E-state index contributed by atoms with van der Waals surface area (Å²) < 4.78 is 23.3. The molecular formula is C13H18N2O5S. The molecule has 1 saturated carbocycles. The van der Waals surface area contributed by atoms with Gasteiger partial charge in [-0.15, -0.1) is 0 Å². The van der Waals surface area contributed by atoms with Crippen LogP contribution in [0.25, 0.3) is 0 Å². The van der Waals surface area contributed by atoms with E-state index in [1.807, 2.05) is 0 Å². The number of sulfone groups is 1. The van der Waals surface area contributed by atoms with Gasteiger partial charge in [0.2, 0.25) is 0 Å². The summed E-state index contributed by atoms with van der Waals surface area (Å²) in [7, 11) is -3.67. The van der Waals surface area contributed by atoms with Crippen molar-refractivity contribution in [1.29, 1.82) is 0 Å². The maximum atomic E-state index is 11.7. The number of aliphatic hydroxyl groups excluding tert-OH is 1. The molecular weight excluding hydrogens is 296 g/mol. The third-order valence-corrected chi connectivity index (χ3v) is 4.95. The van der Waals surface area contributed by atoms with Crippen molar-refractivity contribution in [1.82, 2.24) is 0 Å². The van der Waals surface area contributed by atoms with E-state index in [4.69, 9.17) is 5.11 Å². The van der Waals surface area contributed by atoms with Crippen LogP contribution in [0.1, 0.15) is 19.3 Å². The number of hydrogen-bond acceptors (Lipinski definition) is 6. The third-order valence-electron chi connectivity index (χ3n) is 3.82. The predicted molar refractivity (Wildman–Crippen MR) is 78.1 cm³/mol. The minimum atomic E-state index is -3.67. The van der Waals surface area contributed by atoms with E-state index in [2.05, 4.69) is 5.32 Å². The van der Waals surface area contributed by atoms with Gasteiger partial charge in [-0.1, -0.05) is 0 Å². The summed E-state index contributed by atoms with van der Waals surface area (Å²) in [6.45, 7) is 0.741. The molecule has 0 aromatic heterocycles. The highest BCUT2D eigenvalue weighted by molar-refractivity contribution is 7.90. The fourth-order valence-corrected chi connectivity index (χ4v) is 3.15. The number of nitrogens with zero attached hydrogens (tertiary/aromatic N) is 1. The number of nitrogens with one attached hydrogen (secondary N) is 1. The van der Waals surface area contributed by atoms with Crippen LogP contribution >= 0.6 is 0 Å². The lowest BCUT2D eigenvalue weighted by atomic mass is 10.0. The zero-order chi connectivity index (χ0) is 15.7. The minimum Gasteiger partial charge on any atom is -0.396 e. The molecule has 1 aromatic carbocycles. The third kappa shape index (κ3) is 3.70. The van der Waals surface area contributed by atoms with E-state index in [0.717, 1.165) is 19.1 Å². The molecule has 0 atom stereocenters. The summed E-state index contributed by atoms with van der Waals surface area (Å²) >= 11 is 0. The summed E-state index contributed by atoms with van der Waals surface area (Å²) in [5.41, 5.74) is 0.187. The predicted octanol–water partition coefficient (Wildman–Crippen LogP) is 1.57. The van der Waals surface area contributed by atoms with E-state index < -0.39 is 20.4 Å². The summed E-state index contributed by atoms with van der Waals surface area (Å²) in [5, 5.41) is 23.0. The van der Waals surface area contributed by atoms with Crippen LogP contribution in [0, 0.1) is 15.5 Å². The fourth-order valence-electron chi connectivity index (χ4n) is 2.29. The lowest BCUT2D eigenvalue weighted by Gasteiger charge is -2.16. The molecule has 0 aliphatic heterocycles. The minimum absolute atomic E-state index is 0.0712. The van der Waals surface area contributed by atoms with Gasteiger partial charge >= 0.3 is 0 Å². The number of nitro benzene ring substituents is 1. The molecule has 116 valence electrons. The van der Waals surface area contributed by atoms with Crippen LogP contribution in [0.2, 0.25) is 0 Å². The molecule has 0 radical (unpaired) electrons. The van der Waals surface area contributed by atoms with Gasteiger partial charge in [0.05, 0.1) is 4.92 Å². The van der Waals surface area contributed by atoms with Crippen LogP contribution in [0.4, 0.5) is 11.4 Å². The standard InChI is InChI=1S/C13H18N2O5S/c1-21(19,20)12-8-10(2-3-11(12)15(17)18)14-9-13(4-5-13)6-7-16/h2-3,8,14,16H,4-7,9H2,1H3. The summed E-state index contributed by atoms with van der Waals surface area (Å²) in [5.74, 6) is 0. The van der Waals surface area contributed by atoms with Crippen molar-refractivity contribution in [3.05, 3.63) is 28.3 Å². The Morgan fingerprint density at radius 2 is 2.10 bits per heavy atom. The second-order valence-electron chi connectivity index (χ2n) is 5.54. The first-order valence-corrected chi connectivity index (χ1v) is 8.50. The molecule has 2 N–H and O–H groups in total. The Morgan fingerprint density at radius 3 is 2.57 bits per heavy atom. The van der Waals surface area contributed by atoms with Crippen LogP contribution in [-0.2, 0) is 9.84 Å². The molecule has 0 heterocycles. The van der Waals surface area contributed by atoms with E-state index in [1.165, 1.54) is 18.2 Å².